The molecule has 7 nitrogen and oxygen atoms in total. The van der Waals surface area contributed by atoms with Gasteiger partial charge in [-0.25, -0.2) is 0 Å². The molecule has 0 aliphatic heterocycles. The standard InChI is InChI=1S/C19H40INO6/c1-21-7-9-23-11-13-25-15-17-27-19-18-26-16-14-24-12-10-22-8-5-3-2-4-6-20/h21H,2-19H2,1H3. The predicted molar refractivity (Wildman–Crippen MR) is 116 cm³/mol. The molecule has 0 bridgehead atoms. The van der Waals surface area contributed by atoms with Gasteiger partial charge >= 0.3 is 0 Å². The zero-order valence-corrected chi connectivity index (χ0v) is 19.2. The van der Waals surface area contributed by atoms with E-state index in [1.807, 2.05) is 7.05 Å². The van der Waals surface area contributed by atoms with Crippen LogP contribution in [0.3, 0.4) is 0 Å². The fourth-order valence-corrected chi connectivity index (χ4v) is 2.57. The van der Waals surface area contributed by atoms with Crippen LogP contribution >= 0.6 is 22.6 Å². The van der Waals surface area contributed by atoms with Gasteiger partial charge in [0.2, 0.25) is 0 Å². The van der Waals surface area contributed by atoms with Crippen molar-refractivity contribution in [2.24, 2.45) is 0 Å². The fraction of sp³-hybridized carbons (Fsp3) is 1.00. The van der Waals surface area contributed by atoms with Crippen LogP contribution in [0.25, 0.3) is 0 Å². The second kappa shape index (κ2) is 26.4. The Morgan fingerprint density at radius 2 is 0.852 bits per heavy atom. The average molecular weight is 505 g/mol. The van der Waals surface area contributed by atoms with Crippen molar-refractivity contribution in [2.75, 3.05) is 97.3 Å². The van der Waals surface area contributed by atoms with Gasteiger partial charge in [-0.1, -0.05) is 35.4 Å². The molecular formula is C19H40INO6. The molecule has 0 aromatic rings. The van der Waals surface area contributed by atoms with Crippen molar-refractivity contribution in [3.05, 3.63) is 0 Å². The Balaban J connectivity index is 2.95. The van der Waals surface area contributed by atoms with Crippen LogP contribution < -0.4 is 5.32 Å². The van der Waals surface area contributed by atoms with Crippen molar-refractivity contribution in [3.8, 4) is 0 Å². The van der Waals surface area contributed by atoms with Crippen molar-refractivity contribution >= 4 is 22.6 Å². The number of likely N-dealkylation sites (N-methyl/N-ethyl adjacent to an activating group) is 1. The zero-order chi connectivity index (χ0) is 19.7. The molecule has 0 aromatic carbocycles. The van der Waals surface area contributed by atoms with Crippen molar-refractivity contribution in [2.45, 2.75) is 25.7 Å². The summed E-state index contributed by atoms with van der Waals surface area (Å²) in [5.41, 5.74) is 0. The maximum absolute atomic E-state index is 5.53. The van der Waals surface area contributed by atoms with Crippen LogP contribution in [0.2, 0.25) is 0 Å². The molecule has 0 spiro atoms. The number of halogens is 1. The highest BCUT2D eigenvalue weighted by molar-refractivity contribution is 14.1. The van der Waals surface area contributed by atoms with Gasteiger partial charge in [-0.2, -0.15) is 0 Å². The smallest absolute Gasteiger partial charge is 0.0701 e. The lowest BCUT2D eigenvalue weighted by molar-refractivity contribution is -0.0166. The van der Waals surface area contributed by atoms with Crippen LogP contribution in [-0.4, -0.2) is 97.3 Å². The molecule has 1 N–H and O–H groups in total. The number of hydrogen-bond acceptors (Lipinski definition) is 7. The number of hydrogen-bond donors (Lipinski definition) is 1. The molecule has 164 valence electrons. The summed E-state index contributed by atoms with van der Waals surface area (Å²) in [6, 6.07) is 0. The minimum atomic E-state index is 0.572. The number of unbranched alkanes of at least 4 members (excludes halogenated alkanes) is 3. The van der Waals surface area contributed by atoms with E-state index in [1.54, 1.807) is 0 Å². The summed E-state index contributed by atoms with van der Waals surface area (Å²) in [6.07, 6.45) is 5.03. The summed E-state index contributed by atoms with van der Waals surface area (Å²) in [6.45, 7) is 8.40. The van der Waals surface area contributed by atoms with Gasteiger partial charge in [-0.3, -0.25) is 0 Å². The fourth-order valence-electron chi connectivity index (χ4n) is 2.03. The van der Waals surface area contributed by atoms with Crippen molar-refractivity contribution in [3.63, 3.8) is 0 Å². The molecule has 0 saturated heterocycles. The Hall–Kier alpha value is 0.450. The van der Waals surface area contributed by atoms with Gasteiger partial charge in [-0.15, -0.1) is 0 Å². The lowest BCUT2D eigenvalue weighted by Gasteiger charge is -2.08. The highest BCUT2D eigenvalue weighted by atomic mass is 127. The summed E-state index contributed by atoms with van der Waals surface area (Å²) < 4.78 is 33.8. The third-order valence-electron chi connectivity index (χ3n) is 3.53. The van der Waals surface area contributed by atoms with Crippen LogP contribution in [0.1, 0.15) is 25.7 Å². The van der Waals surface area contributed by atoms with E-state index >= 15 is 0 Å². The Labute approximate surface area is 179 Å². The van der Waals surface area contributed by atoms with Gasteiger partial charge in [0.15, 0.2) is 0 Å². The monoisotopic (exact) mass is 505 g/mol. The Morgan fingerprint density at radius 1 is 0.481 bits per heavy atom. The average Bonchev–Trinajstić information content (AvgIpc) is 2.68. The summed E-state index contributed by atoms with van der Waals surface area (Å²) in [4.78, 5) is 0. The first-order valence-electron chi connectivity index (χ1n) is 10.1. The van der Waals surface area contributed by atoms with E-state index in [9.17, 15) is 0 Å². The molecule has 8 heteroatoms. The maximum atomic E-state index is 5.53. The predicted octanol–water partition coefficient (Wildman–Crippen LogP) is 2.30. The van der Waals surface area contributed by atoms with Gasteiger partial charge in [-0.05, 0) is 24.3 Å². The van der Waals surface area contributed by atoms with Gasteiger partial charge in [0.05, 0.1) is 72.7 Å². The molecule has 0 rings (SSSR count). The molecule has 27 heavy (non-hydrogen) atoms. The molecule has 0 atom stereocenters. The van der Waals surface area contributed by atoms with Crippen LogP contribution in [0.4, 0.5) is 0 Å². The first-order chi connectivity index (χ1) is 13.4. The minimum Gasteiger partial charge on any atom is -0.379 e. The van der Waals surface area contributed by atoms with Crippen molar-refractivity contribution < 1.29 is 28.4 Å². The first-order valence-corrected chi connectivity index (χ1v) is 11.6. The van der Waals surface area contributed by atoms with E-state index < -0.39 is 0 Å². The van der Waals surface area contributed by atoms with E-state index in [0.717, 1.165) is 19.6 Å². The van der Waals surface area contributed by atoms with E-state index in [2.05, 4.69) is 27.9 Å². The highest BCUT2D eigenvalue weighted by Crippen LogP contribution is 2.02. The van der Waals surface area contributed by atoms with Crippen molar-refractivity contribution in [1.82, 2.24) is 5.32 Å². The third-order valence-corrected chi connectivity index (χ3v) is 4.29. The van der Waals surface area contributed by atoms with E-state index in [-0.39, 0.29) is 0 Å². The molecular weight excluding hydrogens is 465 g/mol. The topological polar surface area (TPSA) is 67.4 Å². The number of rotatable bonds is 24. The molecule has 0 aliphatic carbocycles. The van der Waals surface area contributed by atoms with E-state index in [0.29, 0.717) is 72.7 Å². The van der Waals surface area contributed by atoms with Crippen LogP contribution in [0.15, 0.2) is 0 Å². The molecule has 0 radical (unpaired) electrons. The number of nitrogens with one attached hydrogen (secondary N) is 1. The first kappa shape index (κ1) is 27.5. The molecule has 0 fully saturated rings. The maximum Gasteiger partial charge on any atom is 0.0701 e. The molecule has 0 saturated carbocycles. The van der Waals surface area contributed by atoms with Gasteiger partial charge in [0.25, 0.3) is 0 Å². The van der Waals surface area contributed by atoms with Gasteiger partial charge in [0.1, 0.15) is 0 Å². The van der Waals surface area contributed by atoms with Crippen molar-refractivity contribution in [1.29, 1.82) is 0 Å². The lowest BCUT2D eigenvalue weighted by Crippen LogP contribution is -2.17. The Morgan fingerprint density at radius 3 is 1.26 bits per heavy atom. The second-order valence-corrected chi connectivity index (χ2v) is 6.96. The van der Waals surface area contributed by atoms with Crippen LogP contribution in [0.5, 0.6) is 0 Å². The largest absolute Gasteiger partial charge is 0.379 e. The lowest BCUT2D eigenvalue weighted by atomic mass is 10.2. The summed E-state index contributed by atoms with van der Waals surface area (Å²) in [5, 5.41) is 3.02. The third kappa shape index (κ3) is 26.4. The molecule has 0 unspecified atom stereocenters. The summed E-state index contributed by atoms with van der Waals surface area (Å²) in [5.74, 6) is 0. The number of alkyl halides is 1. The van der Waals surface area contributed by atoms with Crippen LogP contribution in [-0.2, 0) is 28.4 Å². The Bertz CT molecular complexity index is 240. The van der Waals surface area contributed by atoms with Crippen LogP contribution in [0, 0.1) is 0 Å². The Kier molecular flexibility index (Phi) is 26.9. The zero-order valence-electron chi connectivity index (χ0n) is 17.1. The van der Waals surface area contributed by atoms with E-state index in [4.69, 9.17) is 28.4 Å². The molecule has 0 heterocycles. The minimum absolute atomic E-state index is 0.572. The second-order valence-electron chi connectivity index (χ2n) is 5.88. The molecule has 0 aromatic heterocycles. The normalized spacial score (nSPS) is 11.3. The van der Waals surface area contributed by atoms with E-state index in [1.165, 1.54) is 23.7 Å². The highest BCUT2D eigenvalue weighted by Gasteiger charge is 1.94. The van der Waals surface area contributed by atoms with Gasteiger partial charge in [0, 0.05) is 13.2 Å². The molecule has 0 aliphatic rings. The summed E-state index contributed by atoms with van der Waals surface area (Å²) in [7, 11) is 1.90. The SMILES string of the molecule is CNCCOCCOCCOCCOCCOCCOCCCCCCI. The van der Waals surface area contributed by atoms with Gasteiger partial charge < -0.3 is 33.7 Å². The number of ether oxygens (including phenoxy) is 6. The summed E-state index contributed by atoms with van der Waals surface area (Å²) >= 11 is 2.42. The molecule has 0 amide bonds. The quantitative estimate of drug-likeness (QED) is 0.123.